The minimum Gasteiger partial charge on any atom is -0.350 e. The summed E-state index contributed by atoms with van der Waals surface area (Å²) in [5.41, 5.74) is 3.73. The Morgan fingerprint density at radius 2 is 1.66 bits per heavy atom. The van der Waals surface area contributed by atoms with Crippen LogP contribution >= 0.6 is 23.2 Å². The molecule has 0 saturated carbocycles. The lowest BCUT2D eigenvalue weighted by Crippen LogP contribution is -2.32. The first-order valence-electron chi connectivity index (χ1n) is 11.9. The third kappa shape index (κ3) is 5.14. The number of hydrogen-bond donors (Lipinski definition) is 2. The average molecular weight is 547 g/mol. The van der Waals surface area contributed by atoms with Gasteiger partial charge in [-0.05, 0) is 62.4 Å². The maximum Gasteiger partial charge on any atom is 0.262 e. The molecule has 0 spiro atoms. The molecule has 0 fully saturated rings. The van der Waals surface area contributed by atoms with Crippen LogP contribution in [0.5, 0.6) is 0 Å². The maximum absolute atomic E-state index is 13.4. The van der Waals surface area contributed by atoms with Gasteiger partial charge < -0.3 is 10.6 Å². The monoisotopic (exact) mass is 546 g/mol. The predicted octanol–water partition coefficient (Wildman–Crippen LogP) is 5.68. The van der Waals surface area contributed by atoms with Crippen LogP contribution in [0.4, 0.5) is 11.6 Å². The molecule has 5 aromatic rings. The summed E-state index contributed by atoms with van der Waals surface area (Å²) in [4.78, 5) is 31.1. The second kappa shape index (κ2) is 10.7. The number of carbonyl (C=O) groups is 1. The van der Waals surface area contributed by atoms with Crippen molar-refractivity contribution in [2.75, 3.05) is 11.9 Å². The summed E-state index contributed by atoms with van der Waals surface area (Å²) in [7, 11) is 0. The normalized spacial score (nSPS) is 11.1. The van der Waals surface area contributed by atoms with Crippen molar-refractivity contribution in [3.63, 3.8) is 0 Å². The largest absolute Gasteiger partial charge is 0.350 e. The Morgan fingerprint density at radius 3 is 2.39 bits per heavy atom. The first kappa shape index (κ1) is 25.5. The first-order chi connectivity index (χ1) is 18.3. The van der Waals surface area contributed by atoms with Crippen LogP contribution in [0.3, 0.4) is 0 Å². The van der Waals surface area contributed by atoms with Crippen LogP contribution in [0.15, 0.2) is 77.6 Å². The lowest BCUT2D eigenvalue weighted by Gasteiger charge is -2.15. The minimum absolute atomic E-state index is 0.170. The van der Waals surface area contributed by atoms with Crippen LogP contribution in [0.25, 0.3) is 16.6 Å². The first-order valence-corrected chi connectivity index (χ1v) is 12.7. The molecule has 38 heavy (non-hydrogen) atoms. The zero-order valence-electron chi connectivity index (χ0n) is 20.7. The van der Waals surface area contributed by atoms with Crippen LogP contribution in [0.2, 0.25) is 10.2 Å². The number of carbonyl (C=O) groups excluding carboxylic acids is 1. The van der Waals surface area contributed by atoms with E-state index >= 15 is 0 Å². The van der Waals surface area contributed by atoms with E-state index in [0.717, 1.165) is 11.3 Å². The van der Waals surface area contributed by atoms with Gasteiger partial charge in [0.1, 0.15) is 5.15 Å². The Kier molecular flexibility index (Phi) is 7.18. The fraction of sp³-hybridized carbons (Fsp3) is 0.143. The molecule has 192 valence electrons. The number of halogens is 2. The van der Waals surface area contributed by atoms with Gasteiger partial charge in [0, 0.05) is 23.8 Å². The molecule has 1 amide bonds. The summed E-state index contributed by atoms with van der Waals surface area (Å²) in [6.45, 7) is 4.08. The molecule has 0 bridgehead atoms. The minimum atomic E-state index is -0.387. The zero-order valence-corrected chi connectivity index (χ0v) is 22.2. The molecule has 0 radical (unpaired) electrons. The summed E-state index contributed by atoms with van der Waals surface area (Å²) < 4.78 is 3.01. The molecule has 2 aromatic heterocycles. The van der Waals surface area contributed by atoms with Gasteiger partial charge in [-0.3, -0.25) is 14.2 Å². The smallest absolute Gasteiger partial charge is 0.262 e. The molecule has 0 aliphatic rings. The van der Waals surface area contributed by atoms with Crippen molar-refractivity contribution in [2.45, 2.75) is 20.4 Å². The van der Waals surface area contributed by atoms with E-state index in [1.165, 1.54) is 9.25 Å². The van der Waals surface area contributed by atoms with Gasteiger partial charge in [0.2, 0.25) is 5.95 Å². The molecule has 0 aliphatic heterocycles. The van der Waals surface area contributed by atoms with Crippen molar-refractivity contribution in [2.24, 2.45) is 0 Å². The van der Waals surface area contributed by atoms with E-state index in [2.05, 4.69) is 20.7 Å². The molecule has 0 saturated heterocycles. The molecular formula is C28H24Cl2N6O2. The Morgan fingerprint density at radius 1 is 0.947 bits per heavy atom. The molecule has 0 atom stereocenters. The number of aromatic nitrogens is 4. The van der Waals surface area contributed by atoms with Gasteiger partial charge in [0.25, 0.3) is 11.5 Å². The highest BCUT2D eigenvalue weighted by Crippen LogP contribution is 2.24. The number of amides is 1. The molecule has 0 aliphatic carbocycles. The number of aryl methyl sites for hydroxylation is 2. The lowest BCUT2D eigenvalue weighted by molar-refractivity contribution is 0.0951. The number of nitrogens with one attached hydrogen (secondary N) is 2. The molecule has 3 aromatic carbocycles. The Balaban J connectivity index is 1.38. The highest BCUT2D eigenvalue weighted by atomic mass is 35.5. The highest BCUT2D eigenvalue weighted by molar-refractivity contribution is 6.33. The van der Waals surface area contributed by atoms with Crippen LogP contribution in [0, 0.1) is 13.8 Å². The van der Waals surface area contributed by atoms with E-state index < -0.39 is 0 Å². The average Bonchev–Trinajstić information content (AvgIpc) is 3.21. The standard InChI is InChI=1S/C28H24Cl2N6O2/c1-17-7-11-20(12-8-17)32-28-33-23-6-4-3-5-22(23)27(38)35(28)16-15-31-26(37)24-18(2)34-36(25(24)30)21-13-9-19(29)10-14-21/h3-14H,15-16H2,1-2H3,(H,31,37)(H,32,33). The fourth-order valence-electron chi connectivity index (χ4n) is 4.12. The van der Waals surface area contributed by atoms with Crippen molar-refractivity contribution in [1.29, 1.82) is 0 Å². The van der Waals surface area contributed by atoms with Crippen molar-refractivity contribution in [1.82, 2.24) is 24.6 Å². The highest BCUT2D eigenvalue weighted by Gasteiger charge is 2.21. The molecule has 2 heterocycles. The number of benzene rings is 3. The lowest BCUT2D eigenvalue weighted by atomic mass is 10.2. The van der Waals surface area contributed by atoms with Gasteiger partial charge in [-0.1, -0.05) is 53.0 Å². The molecule has 2 N–H and O–H groups in total. The number of rotatable bonds is 7. The van der Waals surface area contributed by atoms with Crippen molar-refractivity contribution in [3.8, 4) is 5.69 Å². The predicted molar refractivity (Wildman–Crippen MR) is 151 cm³/mol. The second-order valence-corrected chi connectivity index (χ2v) is 9.59. The fourth-order valence-corrected chi connectivity index (χ4v) is 4.60. The van der Waals surface area contributed by atoms with E-state index in [4.69, 9.17) is 23.2 Å². The quantitative estimate of drug-likeness (QED) is 0.274. The van der Waals surface area contributed by atoms with E-state index in [1.54, 1.807) is 49.4 Å². The Labute approximate surface area is 228 Å². The van der Waals surface area contributed by atoms with Gasteiger partial charge in [-0.15, -0.1) is 0 Å². The van der Waals surface area contributed by atoms with Crippen LogP contribution in [0.1, 0.15) is 21.6 Å². The second-order valence-electron chi connectivity index (χ2n) is 8.80. The van der Waals surface area contributed by atoms with Crippen LogP contribution < -0.4 is 16.2 Å². The van der Waals surface area contributed by atoms with Crippen LogP contribution in [-0.4, -0.2) is 31.8 Å². The summed E-state index contributed by atoms with van der Waals surface area (Å²) in [6.07, 6.45) is 0. The third-order valence-corrected chi connectivity index (χ3v) is 6.69. The van der Waals surface area contributed by atoms with Gasteiger partial charge in [-0.25, -0.2) is 9.67 Å². The number of nitrogens with zero attached hydrogens (tertiary/aromatic N) is 4. The summed E-state index contributed by atoms with van der Waals surface area (Å²) in [5, 5.41) is 11.8. The zero-order chi connectivity index (χ0) is 26.8. The number of fused-ring (bicyclic) bond motifs is 1. The van der Waals surface area contributed by atoms with E-state index in [-0.39, 0.29) is 35.3 Å². The Bertz CT molecular complexity index is 1690. The third-order valence-electron chi connectivity index (χ3n) is 6.09. The molecular weight excluding hydrogens is 523 g/mol. The van der Waals surface area contributed by atoms with Crippen molar-refractivity contribution >= 4 is 51.6 Å². The van der Waals surface area contributed by atoms with E-state index in [0.29, 0.717) is 33.3 Å². The maximum atomic E-state index is 13.4. The van der Waals surface area contributed by atoms with Crippen molar-refractivity contribution in [3.05, 3.63) is 110 Å². The van der Waals surface area contributed by atoms with Gasteiger partial charge >= 0.3 is 0 Å². The summed E-state index contributed by atoms with van der Waals surface area (Å²) in [5.74, 6) is -0.000808. The van der Waals surface area contributed by atoms with Crippen molar-refractivity contribution < 1.29 is 4.79 Å². The molecule has 8 nitrogen and oxygen atoms in total. The van der Waals surface area contributed by atoms with Gasteiger partial charge in [0.05, 0.1) is 27.8 Å². The number of para-hydroxylation sites is 1. The summed E-state index contributed by atoms with van der Waals surface area (Å²) in [6, 6.07) is 22.0. The number of hydrogen-bond acceptors (Lipinski definition) is 5. The molecule has 0 unspecified atom stereocenters. The topological polar surface area (TPSA) is 93.8 Å². The van der Waals surface area contributed by atoms with Gasteiger partial charge in [-0.2, -0.15) is 5.10 Å². The summed E-state index contributed by atoms with van der Waals surface area (Å²) >= 11 is 12.5. The Hall–Kier alpha value is -4.14. The molecule has 10 heteroatoms. The molecule has 5 rings (SSSR count). The van der Waals surface area contributed by atoms with Crippen LogP contribution in [-0.2, 0) is 6.54 Å². The number of anilines is 2. The van der Waals surface area contributed by atoms with E-state index in [9.17, 15) is 9.59 Å². The van der Waals surface area contributed by atoms with Gasteiger partial charge in [0.15, 0.2) is 0 Å². The SMILES string of the molecule is Cc1ccc(Nc2nc3ccccc3c(=O)n2CCNC(=O)c2c(C)nn(-c3ccc(Cl)cc3)c2Cl)cc1. The van der Waals surface area contributed by atoms with E-state index in [1.807, 2.05) is 37.3 Å².